The SMILES string of the molecule is [2H]C(C#CC#CN=S)=[C-]C. The number of hydrogen-bond acceptors (Lipinski definition) is 2. The summed E-state index contributed by atoms with van der Waals surface area (Å²) in [4.78, 5) is 0. The molecule has 0 amide bonds. The van der Waals surface area contributed by atoms with Crippen molar-refractivity contribution in [2.75, 3.05) is 0 Å². The first-order chi connectivity index (χ1) is 4.81. The van der Waals surface area contributed by atoms with E-state index < -0.39 is 0 Å². The number of allylic oxidation sites excluding steroid dienone is 2. The first-order valence-electron chi connectivity index (χ1n) is 2.66. The van der Waals surface area contributed by atoms with Gasteiger partial charge in [0, 0.05) is 1.37 Å². The van der Waals surface area contributed by atoms with E-state index in [0.717, 1.165) is 0 Å². The summed E-state index contributed by atoms with van der Waals surface area (Å²) >= 11 is 4.17. The Balaban J connectivity index is 4.05. The molecule has 9 heavy (non-hydrogen) atoms. The zero-order valence-electron chi connectivity index (χ0n) is 5.86. The van der Waals surface area contributed by atoms with Crippen LogP contribution in [0.1, 0.15) is 8.29 Å². The van der Waals surface area contributed by atoms with E-state index in [-0.39, 0.29) is 6.05 Å². The molecule has 0 radical (unpaired) electrons. The first-order valence-corrected chi connectivity index (χ1v) is 2.52. The van der Waals surface area contributed by atoms with Crippen molar-refractivity contribution in [2.24, 2.45) is 4.36 Å². The lowest BCUT2D eigenvalue weighted by molar-refractivity contribution is 1.67. The highest BCUT2D eigenvalue weighted by molar-refractivity contribution is 7.47. The minimum Gasteiger partial charge on any atom is -0.293 e. The fourth-order valence-electron chi connectivity index (χ4n) is 0.176. The standard InChI is InChI=1S/C7H4NS/c1-2-3-4-5-6-7-8-9/h3H,1H3/q-1/i3D. The summed E-state index contributed by atoms with van der Waals surface area (Å²) in [7, 11) is 0. The lowest BCUT2D eigenvalue weighted by Gasteiger charge is -1.73. The summed E-state index contributed by atoms with van der Waals surface area (Å²) in [5.41, 5.74) is 0. The topological polar surface area (TPSA) is 12.4 Å². The molecule has 0 aromatic rings. The molecule has 0 unspecified atom stereocenters. The molecule has 0 aliphatic heterocycles. The number of rotatable bonds is 0. The Hall–Kier alpha value is -1.12. The van der Waals surface area contributed by atoms with Crippen LogP contribution in [0.5, 0.6) is 0 Å². The second-order valence-electron chi connectivity index (χ2n) is 0.953. The van der Waals surface area contributed by atoms with E-state index in [4.69, 9.17) is 1.37 Å². The molecular weight excluding hydrogens is 130 g/mol. The van der Waals surface area contributed by atoms with Gasteiger partial charge in [-0.25, -0.2) is 6.05 Å². The van der Waals surface area contributed by atoms with Crippen LogP contribution in [0.4, 0.5) is 0 Å². The monoisotopic (exact) mass is 135 g/mol. The summed E-state index contributed by atoms with van der Waals surface area (Å²) in [6.45, 7) is 1.61. The molecule has 0 saturated carbocycles. The maximum atomic E-state index is 6.96. The van der Waals surface area contributed by atoms with Gasteiger partial charge in [-0.3, -0.25) is 12.0 Å². The molecular formula is C7H4NS-. The van der Waals surface area contributed by atoms with Crippen LogP contribution in [-0.2, 0) is 12.4 Å². The average molecular weight is 135 g/mol. The Morgan fingerprint density at radius 1 is 1.78 bits per heavy atom. The van der Waals surface area contributed by atoms with Gasteiger partial charge in [-0.05, 0) is 5.92 Å². The molecule has 0 fully saturated rings. The van der Waals surface area contributed by atoms with Gasteiger partial charge in [0.15, 0.2) is 0 Å². The molecule has 2 heteroatoms. The molecule has 0 N–H and O–H groups in total. The second-order valence-corrected chi connectivity index (χ2v) is 1.14. The van der Waals surface area contributed by atoms with Gasteiger partial charge in [0.1, 0.15) is 0 Å². The molecule has 1 nitrogen and oxygen atoms in total. The van der Waals surface area contributed by atoms with Crippen LogP contribution in [0, 0.1) is 29.9 Å². The zero-order chi connectivity index (χ0) is 7.82. The van der Waals surface area contributed by atoms with Crippen LogP contribution in [0.15, 0.2) is 10.4 Å². The summed E-state index contributed by atoms with van der Waals surface area (Å²) < 4.78 is 10.1. The molecule has 0 aromatic carbocycles. The lowest BCUT2D eigenvalue weighted by atomic mass is 10.5. The van der Waals surface area contributed by atoms with Gasteiger partial charge < -0.3 is 0 Å². The van der Waals surface area contributed by atoms with Gasteiger partial charge in [-0.2, -0.15) is 0 Å². The summed E-state index contributed by atoms with van der Waals surface area (Å²) in [5.74, 6) is 7.13. The molecule has 44 valence electrons. The largest absolute Gasteiger partial charge is 0.293 e. The third kappa shape index (κ3) is 6.88. The molecule has 0 aromatic heterocycles. The van der Waals surface area contributed by atoms with E-state index in [1.54, 1.807) is 6.92 Å². The van der Waals surface area contributed by atoms with Gasteiger partial charge in [-0.1, -0.05) is 0 Å². The highest BCUT2D eigenvalue weighted by Gasteiger charge is 1.44. The molecule has 0 spiro atoms. The second kappa shape index (κ2) is 6.88. The van der Waals surface area contributed by atoms with Gasteiger partial charge in [-0.15, -0.1) is 17.2 Å². The van der Waals surface area contributed by atoms with E-state index in [1.807, 2.05) is 0 Å². The number of hydrogen-bond donors (Lipinski definition) is 0. The van der Waals surface area contributed by atoms with Crippen molar-refractivity contribution in [3.05, 3.63) is 12.1 Å². The fourth-order valence-corrected chi connectivity index (χ4v) is 0.221. The van der Waals surface area contributed by atoms with Crippen molar-refractivity contribution in [3.8, 4) is 23.8 Å². The molecule has 0 aliphatic carbocycles. The molecule has 0 saturated heterocycles. The normalized spacial score (nSPS) is 9.44. The Labute approximate surface area is 61.7 Å². The quantitative estimate of drug-likeness (QED) is 0.357. The Morgan fingerprint density at radius 2 is 2.56 bits per heavy atom. The smallest absolute Gasteiger partial charge is 0.0608 e. The van der Waals surface area contributed by atoms with Crippen molar-refractivity contribution >= 4 is 12.4 Å². The highest BCUT2D eigenvalue weighted by atomic mass is 32.1. The van der Waals surface area contributed by atoms with E-state index in [1.165, 1.54) is 0 Å². The minimum atomic E-state index is 0.124. The maximum Gasteiger partial charge on any atom is 0.0608 e. The van der Waals surface area contributed by atoms with Gasteiger partial charge in [0.2, 0.25) is 0 Å². The third-order valence-corrected chi connectivity index (χ3v) is 0.505. The van der Waals surface area contributed by atoms with Crippen molar-refractivity contribution in [1.29, 1.82) is 0 Å². The molecule has 0 heterocycles. The van der Waals surface area contributed by atoms with Crippen LogP contribution in [0.3, 0.4) is 0 Å². The first kappa shape index (κ1) is 6.01. The van der Waals surface area contributed by atoms with Gasteiger partial charge in [0.25, 0.3) is 0 Å². The average Bonchev–Trinajstić information content (AvgIpc) is 1.98. The Kier molecular flexibility index (Phi) is 4.59. The van der Waals surface area contributed by atoms with Gasteiger partial charge >= 0.3 is 0 Å². The van der Waals surface area contributed by atoms with Crippen LogP contribution >= 0.6 is 0 Å². The molecule has 0 atom stereocenters. The van der Waals surface area contributed by atoms with Crippen LogP contribution in [0.25, 0.3) is 0 Å². The molecule has 0 bridgehead atoms. The third-order valence-electron chi connectivity index (χ3n) is 0.414. The number of nitrogens with zero attached hydrogens (tertiary/aromatic N) is 1. The Bertz CT molecular complexity index is 259. The van der Waals surface area contributed by atoms with Crippen LogP contribution in [0.2, 0.25) is 0 Å². The lowest BCUT2D eigenvalue weighted by Crippen LogP contribution is -1.49. The molecule has 0 rings (SSSR count). The zero-order valence-corrected chi connectivity index (χ0v) is 5.67. The van der Waals surface area contributed by atoms with E-state index in [0.29, 0.717) is 0 Å². The summed E-state index contributed by atoms with van der Waals surface area (Å²) in [6, 6.07) is 2.34. The van der Waals surface area contributed by atoms with Crippen LogP contribution in [-0.4, -0.2) is 0 Å². The van der Waals surface area contributed by atoms with E-state index in [2.05, 4.69) is 46.7 Å². The predicted octanol–water partition coefficient (Wildman–Crippen LogP) is 1.06. The van der Waals surface area contributed by atoms with Crippen molar-refractivity contribution in [2.45, 2.75) is 6.92 Å². The van der Waals surface area contributed by atoms with Crippen LogP contribution < -0.4 is 0 Å². The fraction of sp³-hybridized carbons (Fsp3) is 0.143. The van der Waals surface area contributed by atoms with Crippen molar-refractivity contribution in [3.63, 3.8) is 0 Å². The molecule has 0 aliphatic rings. The predicted molar refractivity (Wildman–Crippen MR) is 38.8 cm³/mol. The summed E-state index contributed by atoms with van der Waals surface area (Å²) in [6.07, 6.45) is 2.53. The minimum absolute atomic E-state index is 0.124. The Morgan fingerprint density at radius 3 is 3.11 bits per heavy atom. The highest BCUT2D eigenvalue weighted by Crippen LogP contribution is 1.62. The van der Waals surface area contributed by atoms with Gasteiger partial charge in [0.05, 0.1) is 18.5 Å². The maximum absolute atomic E-state index is 6.96. The van der Waals surface area contributed by atoms with Crippen molar-refractivity contribution < 1.29 is 1.37 Å². The summed E-state index contributed by atoms with van der Waals surface area (Å²) in [5, 5.41) is 0. The van der Waals surface area contributed by atoms with Crippen molar-refractivity contribution in [1.82, 2.24) is 0 Å². The van der Waals surface area contributed by atoms with E-state index in [9.17, 15) is 0 Å². The van der Waals surface area contributed by atoms with E-state index >= 15 is 0 Å².